The fourth-order valence-corrected chi connectivity index (χ4v) is 1.69. The Morgan fingerprint density at radius 3 is 3.18 bits per heavy atom. The SMILES string of the molecule is C#Cc1ncnc2ccsc12. The molecule has 0 amide bonds. The Labute approximate surface area is 67.9 Å². The van der Waals surface area contributed by atoms with Crippen LogP contribution in [0.15, 0.2) is 17.8 Å². The minimum atomic E-state index is 0.685. The Kier molecular flexibility index (Phi) is 1.34. The van der Waals surface area contributed by atoms with Crippen LogP contribution in [0.4, 0.5) is 0 Å². The summed E-state index contributed by atoms with van der Waals surface area (Å²) in [5.41, 5.74) is 1.61. The number of terminal acetylenes is 1. The van der Waals surface area contributed by atoms with Gasteiger partial charge in [-0.2, -0.15) is 0 Å². The average molecular weight is 160 g/mol. The van der Waals surface area contributed by atoms with E-state index in [0.717, 1.165) is 10.2 Å². The molecule has 11 heavy (non-hydrogen) atoms. The smallest absolute Gasteiger partial charge is 0.134 e. The van der Waals surface area contributed by atoms with Gasteiger partial charge in [-0.05, 0) is 17.4 Å². The number of fused-ring (bicyclic) bond motifs is 1. The molecule has 2 heterocycles. The summed E-state index contributed by atoms with van der Waals surface area (Å²) in [6.07, 6.45) is 6.73. The average Bonchev–Trinajstić information content (AvgIpc) is 2.50. The maximum Gasteiger partial charge on any atom is 0.134 e. The van der Waals surface area contributed by atoms with Gasteiger partial charge in [-0.25, -0.2) is 9.97 Å². The highest BCUT2D eigenvalue weighted by atomic mass is 32.1. The quantitative estimate of drug-likeness (QED) is 0.548. The highest BCUT2D eigenvalue weighted by Crippen LogP contribution is 2.19. The van der Waals surface area contributed by atoms with E-state index in [1.54, 1.807) is 11.3 Å². The van der Waals surface area contributed by atoms with Gasteiger partial charge in [0.25, 0.3) is 0 Å². The largest absolute Gasteiger partial charge is 0.235 e. The number of rotatable bonds is 0. The van der Waals surface area contributed by atoms with E-state index in [1.165, 1.54) is 6.33 Å². The van der Waals surface area contributed by atoms with Crippen LogP contribution < -0.4 is 0 Å². The zero-order valence-corrected chi connectivity index (χ0v) is 6.43. The van der Waals surface area contributed by atoms with Crippen molar-refractivity contribution < 1.29 is 0 Å². The predicted octanol–water partition coefficient (Wildman–Crippen LogP) is 1.67. The summed E-state index contributed by atoms with van der Waals surface area (Å²) >= 11 is 1.57. The van der Waals surface area contributed by atoms with Crippen molar-refractivity contribution in [2.75, 3.05) is 0 Å². The molecule has 0 saturated heterocycles. The van der Waals surface area contributed by atoms with Crippen LogP contribution in [0.25, 0.3) is 10.2 Å². The topological polar surface area (TPSA) is 25.8 Å². The van der Waals surface area contributed by atoms with Crippen LogP contribution >= 0.6 is 11.3 Å². The lowest BCUT2D eigenvalue weighted by molar-refractivity contribution is 1.21. The summed E-state index contributed by atoms with van der Waals surface area (Å²) in [5.74, 6) is 2.52. The molecule has 0 saturated carbocycles. The second-order valence-electron chi connectivity index (χ2n) is 2.00. The first kappa shape index (κ1) is 6.32. The van der Waals surface area contributed by atoms with Gasteiger partial charge in [-0.15, -0.1) is 17.8 Å². The molecule has 0 spiro atoms. The van der Waals surface area contributed by atoms with E-state index in [0.29, 0.717) is 5.69 Å². The molecular weight excluding hydrogens is 156 g/mol. The highest BCUT2D eigenvalue weighted by molar-refractivity contribution is 7.17. The summed E-state index contributed by atoms with van der Waals surface area (Å²) in [4.78, 5) is 8.01. The molecule has 2 aromatic rings. The molecule has 2 rings (SSSR count). The second-order valence-corrected chi connectivity index (χ2v) is 2.92. The molecule has 0 aliphatic rings. The van der Waals surface area contributed by atoms with Crippen molar-refractivity contribution in [3.8, 4) is 12.3 Å². The van der Waals surface area contributed by atoms with Crippen molar-refractivity contribution in [3.63, 3.8) is 0 Å². The first-order valence-electron chi connectivity index (χ1n) is 3.06. The summed E-state index contributed by atoms with van der Waals surface area (Å²) in [6, 6.07) is 1.93. The summed E-state index contributed by atoms with van der Waals surface area (Å²) in [6.45, 7) is 0. The lowest BCUT2D eigenvalue weighted by atomic mass is 10.4. The highest BCUT2D eigenvalue weighted by Gasteiger charge is 2.00. The molecule has 0 aliphatic heterocycles. The zero-order chi connectivity index (χ0) is 7.68. The van der Waals surface area contributed by atoms with Crippen molar-refractivity contribution >= 4 is 21.6 Å². The van der Waals surface area contributed by atoms with E-state index < -0.39 is 0 Å². The van der Waals surface area contributed by atoms with Crippen molar-refractivity contribution in [3.05, 3.63) is 23.5 Å². The molecule has 52 valence electrons. The van der Waals surface area contributed by atoms with Crippen molar-refractivity contribution in [2.45, 2.75) is 0 Å². The van der Waals surface area contributed by atoms with Crippen LogP contribution in [0.5, 0.6) is 0 Å². The van der Waals surface area contributed by atoms with Gasteiger partial charge in [0, 0.05) is 0 Å². The van der Waals surface area contributed by atoms with Gasteiger partial charge >= 0.3 is 0 Å². The maximum atomic E-state index is 5.24. The van der Waals surface area contributed by atoms with Gasteiger partial charge in [0.15, 0.2) is 0 Å². The van der Waals surface area contributed by atoms with Gasteiger partial charge in [-0.3, -0.25) is 0 Å². The minimum absolute atomic E-state index is 0.685. The molecular formula is C8H4N2S. The third-order valence-electron chi connectivity index (χ3n) is 1.38. The van der Waals surface area contributed by atoms with Crippen LogP contribution in [0.1, 0.15) is 5.69 Å². The summed E-state index contributed by atoms with van der Waals surface area (Å²) < 4.78 is 0.995. The van der Waals surface area contributed by atoms with Gasteiger partial charge in [0.05, 0.1) is 10.2 Å². The number of hydrogen-bond acceptors (Lipinski definition) is 3. The van der Waals surface area contributed by atoms with E-state index in [-0.39, 0.29) is 0 Å². The molecule has 0 aliphatic carbocycles. The molecule has 2 nitrogen and oxygen atoms in total. The van der Waals surface area contributed by atoms with E-state index in [1.807, 2.05) is 11.4 Å². The lowest BCUT2D eigenvalue weighted by Crippen LogP contribution is -1.82. The minimum Gasteiger partial charge on any atom is -0.235 e. The Hall–Kier alpha value is -1.40. The number of nitrogens with zero attached hydrogens (tertiary/aromatic N) is 2. The molecule has 0 unspecified atom stereocenters. The van der Waals surface area contributed by atoms with E-state index in [4.69, 9.17) is 6.42 Å². The third kappa shape index (κ3) is 0.883. The standard InChI is InChI=1S/C8H4N2S/c1-2-6-8-7(3-4-11-8)10-5-9-6/h1,3-5H. The van der Waals surface area contributed by atoms with Crippen LogP contribution in [0, 0.1) is 12.3 Å². The van der Waals surface area contributed by atoms with Crippen molar-refractivity contribution in [1.29, 1.82) is 0 Å². The van der Waals surface area contributed by atoms with Crippen LogP contribution in [0.3, 0.4) is 0 Å². The first-order chi connectivity index (χ1) is 5.42. The molecule has 0 N–H and O–H groups in total. The van der Waals surface area contributed by atoms with Crippen LogP contribution in [0.2, 0.25) is 0 Å². The normalized spacial score (nSPS) is 9.73. The molecule has 0 bridgehead atoms. The third-order valence-corrected chi connectivity index (χ3v) is 2.29. The maximum absolute atomic E-state index is 5.24. The number of thiophene rings is 1. The molecule has 2 aromatic heterocycles. The first-order valence-corrected chi connectivity index (χ1v) is 3.94. The monoisotopic (exact) mass is 160 g/mol. The van der Waals surface area contributed by atoms with Crippen molar-refractivity contribution in [2.24, 2.45) is 0 Å². The zero-order valence-electron chi connectivity index (χ0n) is 5.61. The second kappa shape index (κ2) is 2.33. The van der Waals surface area contributed by atoms with E-state index in [9.17, 15) is 0 Å². The molecule has 0 atom stereocenters. The van der Waals surface area contributed by atoms with Crippen LogP contribution in [-0.4, -0.2) is 9.97 Å². The number of hydrogen-bond donors (Lipinski definition) is 0. The van der Waals surface area contributed by atoms with Gasteiger partial charge < -0.3 is 0 Å². The Morgan fingerprint density at radius 1 is 1.45 bits per heavy atom. The Bertz CT molecular complexity index is 425. The lowest BCUT2D eigenvalue weighted by Gasteiger charge is -1.89. The Morgan fingerprint density at radius 2 is 2.36 bits per heavy atom. The molecule has 0 radical (unpaired) electrons. The summed E-state index contributed by atoms with van der Waals surface area (Å²) in [7, 11) is 0. The van der Waals surface area contributed by atoms with Gasteiger partial charge in [-0.1, -0.05) is 0 Å². The molecule has 0 aromatic carbocycles. The van der Waals surface area contributed by atoms with Crippen LogP contribution in [-0.2, 0) is 0 Å². The Balaban J connectivity index is 2.92. The van der Waals surface area contributed by atoms with Gasteiger partial charge in [0.1, 0.15) is 12.0 Å². The van der Waals surface area contributed by atoms with E-state index in [2.05, 4.69) is 15.9 Å². The van der Waals surface area contributed by atoms with Gasteiger partial charge in [0.2, 0.25) is 0 Å². The molecule has 3 heteroatoms. The fraction of sp³-hybridized carbons (Fsp3) is 0. The number of aromatic nitrogens is 2. The van der Waals surface area contributed by atoms with E-state index >= 15 is 0 Å². The predicted molar refractivity (Wildman–Crippen MR) is 45.4 cm³/mol. The molecule has 0 fully saturated rings. The fourth-order valence-electron chi connectivity index (χ4n) is 0.892. The van der Waals surface area contributed by atoms with Crippen molar-refractivity contribution in [1.82, 2.24) is 9.97 Å². The summed E-state index contributed by atoms with van der Waals surface area (Å²) in [5, 5.41) is 1.96.